The van der Waals surface area contributed by atoms with E-state index in [0.717, 1.165) is 10.8 Å². The quantitative estimate of drug-likeness (QED) is 0.329. The fourth-order valence-corrected chi connectivity index (χ4v) is 3.16. The molecule has 0 saturated heterocycles. The number of hydrogen-bond acceptors (Lipinski definition) is 6. The number of aromatic hydroxyl groups is 1. The fourth-order valence-electron chi connectivity index (χ4n) is 3.16. The molecule has 0 saturated carbocycles. The summed E-state index contributed by atoms with van der Waals surface area (Å²) in [7, 11) is 1.46. The molecule has 0 spiro atoms. The second kappa shape index (κ2) is 7.08. The van der Waals surface area contributed by atoms with Crippen LogP contribution in [0.25, 0.3) is 21.7 Å². The van der Waals surface area contributed by atoms with Crippen molar-refractivity contribution in [2.24, 2.45) is 0 Å². The Morgan fingerprint density at radius 3 is 2.71 bits per heavy atom. The summed E-state index contributed by atoms with van der Waals surface area (Å²) in [6.45, 7) is -0.147. The molecule has 0 aliphatic rings. The molecule has 0 unspecified atom stereocenters. The first kappa shape index (κ1) is 17.6. The normalized spacial score (nSPS) is 10.9. The molecule has 0 amide bonds. The molecule has 6 heteroatoms. The molecule has 0 atom stereocenters. The van der Waals surface area contributed by atoms with Crippen LogP contribution in [0.5, 0.6) is 11.5 Å². The number of benzene rings is 3. The first-order valence-corrected chi connectivity index (χ1v) is 8.55. The third-order valence-electron chi connectivity index (χ3n) is 4.50. The van der Waals surface area contributed by atoms with Crippen LogP contribution in [0.2, 0.25) is 0 Å². The molecule has 0 fully saturated rings. The molecule has 4 rings (SSSR count). The highest BCUT2D eigenvalue weighted by Gasteiger charge is 2.16. The van der Waals surface area contributed by atoms with Crippen LogP contribution in [0, 0.1) is 0 Å². The van der Waals surface area contributed by atoms with Crippen molar-refractivity contribution in [3.05, 3.63) is 82.2 Å². The number of rotatable bonds is 4. The van der Waals surface area contributed by atoms with Crippen molar-refractivity contribution >= 4 is 27.7 Å². The van der Waals surface area contributed by atoms with E-state index in [2.05, 4.69) is 0 Å². The third kappa shape index (κ3) is 3.16. The summed E-state index contributed by atoms with van der Waals surface area (Å²) in [4.78, 5) is 24.4. The van der Waals surface area contributed by atoms with Crippen LogP contribution in [0.15, 0.2) is 69.9 Å². The molecule has 0 aliphatic heterocycles. The van der Waals surface area contributed by atoms with Crippen LogP contribution in [-0.4, -0.2) is 18.2 Å². The summed E-state index contributed by atoms with van der Waals surface area (Å²) in [5, 5.41) is 12.5. The van der Waals surface area contributed by atoms with Gasteiger partial charge in [0.1, 0.15) is 29.3 Å². The van der Waals surface area contributed by atoms with E-state index in [4.69, 9.17) is 13.9 Å². The Balaban J connectivity index is 1.73. The lowest BCUT2D eigenvalue weighted by Gasteiger charge is -2.11. The lowest BCUT2D eigenvalue weighted by atomic mass is 10.0. The van der Waals surface area contributed by atoms with E-state index in [9.17, 15) is 14.7 Å². The van der Waals surface area contributed by atoms with Gasteiger partial charge in [-0.05, 0) is 35.0 Å². The van der Waals surface area contributed by atoms with Crippen LogP contribution in [-0.2, 0) is 11.3 Å². The topological polar surface area (TPSA) is 86.0 Å². The zero-order valence-electron chi connectivity index (χ0n) is 15.0. The van der Waals surface area contributed by atoms with E-state index in [1.54, 1.807) is 6.07 Å². The zero-order chi connectivity index (χ0) is 19.7. The maximum absolute atomic E-state index is 12.5. The molecule has 1 aromatic heterocycles. The van der Waals surface area contributed by atoms with Gasteiger partial charge in [-0.3, -0.25) is 0 Å². The smallest absolute Gasteiger partial charge is 0.342 e. The SMILES string of the molecule is COc1ccc(O)c(C(=O)OCc2cc(=O)oc3ccc4ccccc4c23)c1. The van der Waals surface area contributed by atoms with Gasteiger partial charge >= 0.3 is 11.6 Å². The van der Waals surface area contributed by atoms with Gasteiger partial charge in [0.2, 0.25) is 0 Å². The van der Waals surface area contributed by atoms with Gasteiger partial charge in [-0.2, -0.15) is 0 Å². The van der Waals surface area contributed by atoms with E-state index in [1.165, 1.54) is 31.4 Å². The van der Waals surface area contributed by atoms with Gasteiger partial charge < -0.3 is 19.0 Å². The molecule has 1 N–H and O–H groups in total. The van der Waals surface area contributed by atoms with Crippen molar-refractivity contribution < 1.29 is 23.8 Å². The molecular weight excluding hydrogens is 360 g/mol. The summed E-state index contributed by atoms with van der Waals surface area (Å²) in [6, 6.07) is 16.8. The number of phenols is 1. The minimum atomic E-state index is -0.724. The first-order chi connectivity index (χ1) is 13.6. The molecule has 0 bridgehead atoms. The molecule has 28 heavy (non-hydrogen) atoms. The van der Waals surface area contributed by atoms with Gasteiger partial charge in [-0.1, -0.05) is 30.3 Å². The Morgan fingerprint density at radius 2 is 1.89 bits per heavy atom. The van der Waals surface area contributed by atoms with Crippen LogP contribution >= 0.6 is 0 Å². The third-order valence-corrected chi connectivity index (χ3v) is 4.50. The largest absolute Gasteiger partial charge is 0.507 e. The summed E-state index contributed by atoms with van der Waals surface area (Å²) in [5.74, 6) is -0.520. The van der Waals surface area contributed by atoms with Gasteiger partial charge in [0, 0.05) is 17.0 Å². The highest BCUT2D eigenvalue weighted by atomic mass is 16.5. The monoisotopic (exact) mass is 376 g/mol. The minimum Gasteiger partial charge on any atom is -0.507 e. The number of carbonyl (C=O) groups excluding carboxylic acids is 1. The van der Waals surface area contributed by atoms with Crippen LogP contribution in [0.4, 0.5) is 0 Å². The molecule has 0 aliphatic carbocycles. The van der Waals surface area contributed by atoms with Gasteiger partial charge in [0.15, 0.2) is 0 Å². The fraction of sp³-hybridized carbons (Fsp3) is 0.0909. The molecule has 0 radical (unpaired) electrons. The van der Waals surface area contributed by atoms with Crippen molar-refractivity contribution in [1.29, 1.82) is 0 Å². The summed E-state index contributed by atoms with van der Waals surface area (Å²) >= 11 is 0. The van der Waals surface area contributed by atoms with Crippen molar-refractivity contribution in [3.63, 3.8) is 0 Å². The summed E-state index contributed by atoms with van der Waals surface area (Å²) in [5.41, 5.74) is 0.398. The Morgan fingerprint density at radius 1 is 1.07 bits per heavy atom. The van der Waals surface area contributed by atoms with Crippen molar-refractivity contribution in [2.75, 3.05) is 7.11 Å². The Kier molecular flexibility index (Phi) is 4.45. The number of hydrogen-bond donors (Lipinski definition) is 1. The van der Waals surface area contributed by atoms with Crippen molar-refractivity contribution in [2.45, 2.75) is 6.61 Å². The average Bonchev–Trinajstić information content (AvgIpc) is 2.71. The molecule has 4 aromatic rings. The Bertz CT molecular complexity index is 1260. The summed E-state index contributed by atoms with van der Waals surface area (Å²) in [6.07, 6.45) is 0. The van der Waals surface area contributed by atoms with Gasteiger partial charge in [-0.15, -0.1) is 0 Å². The van der Waals surface area contributed by atoms with Crippen LogP contribution in [0.3, 0.4) is 0 Å². The molecular formula is C22H16O6. The second-order valence-corrected chi connectivity index (χ2v) is 6.21. The molecule has 6 nitrogen and oxygen atoms in total. The average molecular weight is 376 g/mol. The number of phenolic OH excluding ortho intramolecular Hbond substituents is 1. The van der Waals surface area contributed by atoms with E-state index < -0.39 is 11.6 Å². The zero-order valence-corrected chi connectivity index (χ0v) is 15.0. The van der Waals surface area contributed by atoms with E-state index >= 15 is 0 Å². The van der Waals surface area contributed by atoms with E-state index in [-0.39, 0.29) is 17.9 Å². The van der Waals surface area contributed by atoms with Gasteiger partial charge in [-0.25, -0.2) is 9.59 Å². The Labute approximate surface area is 159 Å². The molecule has 1 heterocycles. The van der Waals surface area contributed by atoms with Crippen LogP contribution < -0.4 is 10.4 Å². The maximum atomic E-state index is 12.5. The number of fused-ring (bicyclic) bond motifs is 3. The van der Waals surface area contributed by atoms with Gasteiger partial charge in [0.05, 0.1) is 7.11 Å². The Hall–Kier alpha value is -3.80. The maximum Gasteiger partial charge on any atom is 0.342 e. The number of ether oxygens (including phenoxy) is 2. The van der Waals surface area contributed by atoms with Crippen molar-refractivity contribution in [3.8, 4) is 11.5 Å². The predicted octanol–water partition coefficient (Wildman–Crippen LogP) is 4.02. The number of esters is 1. The highest BCUT2D eigenvalue weighted by molar-refractivity contribution is 6.07. The highest BCUT2D eigenvalue weighted by Crippen LogP contribution is 2.29. The van der Waals surface area contributed by atoms with E-state index in [1.807, 2.05) is 30.3 Å². The van der Waals surface area contributed by atoms with Crippen molar-refractivity contribution in [1.82, 2.24) is 0 Å². The predicted molar refractivity (Wildman–Crippen MR) is 104 cm³/mol. The molecule has 140 valence electrons. The molecule has 3 aromatic carbocycles. The second-order valence-electron chi connectivity index (χ2n) is 6.21. The lowest BCUT2D eigenvalue weighted by Crippen LogP contribution is -2.08. The summed E-state index contributed by atoms with van der Waals surface area (Å²) < 4.78 is 15.7. The number of methoxy groups -OCH3 is 1. The minimum absolute atomic E-state index is 0.0171. The lowest BCUT2D eigenvalue weighted by molar-refractivity contribution is 0.0470. The number of carbonyl (C=O) groups is 1. The van der Waals surface area contributed by atoms with Gasteiger partial charge in [0.25, 0.3) is 0 Å². The first-order valence-electron chi connectivity index (χ1n) is 8.55. The van der Waals surface area contributed by atoms with Crippen LogP contribution in [0.1, 0.15) is 15.9 Å². The van der Waals surface area contributed by atoms with E-state index in [0.29, 0.717) is 22.3 Å². The standard InChI is InChI=1S/C22H16O6/c1-26-15-7-8-18(23)17(11-15)22(25)27-12-14-10-20(24)28-19-9-6-13-4-2-3-5-16(13)21(14)19/h2-11,23H,12H2,1H3.